The van der Waals surface area contributed by atoms with Gasteiger partial charge in [-0.2, -0.15) is 0 Å². The van der Waals surface area contributed by atoms with Crippen molar-refractivity contribution in [3.05, 3.63) is 35.4 Å². The lowest BCUT2D eigenvalue weighted by Gasteiger charge is -2.19. The number of carbonyl (C=O) groups excluding carboxylic acids is 2. The van der Waals surface area contributed by atoms with Crippen LogP contribution >= 0.6 is 11.3 Å². The second-order valence-corrected chi connectivity index (χ2v) is 9.14. The van der Waals surface area contributed by atoms with E-state index in [1.807, 2.05) is 0 Å². The van der Waals surface area contributed by atoms with Gasteiger partial charge in [0, 0.05) is 12.1 Å². The predicted octanol–water partition coefficient (Wildman–Crippen LogP) is 1.46. The maximum Gasteiger partial charge on any atom is 0.407 e. The minimum absolute atomic E-state index is 0.0136. The average Bonchev–Trinajstić information content (AvgIpc) is 3.00. The van der Waals surface area contributed by atoms with Gasteiger partial charge in [-0.25, -0.2) is 18.4 Å². The number of aromatic nitrogens is 2. The van der Waals surface area contributed by atoms with Crippen molar-refractivity contribution in [2.45, 2.75) is 37.3 Å². The summed E-state index contributed by atoms with van der Waals surface area (Å²) in [5.41, 5.74) is 0.507. The number of anilines is 1. The molecular formula is C15H19N5O5S2. The number of rotatable bonds is 5. The van der Waals surface area contributed by atoms with E-state index in [4.69, 9.17) is 9.88 Å². The monoisotopic (exact) mass is 413 g/mol. The molecule has 0 aliphatic rings. The van der Waals surface area contributed by atoms with Crippen LogP contribution in [0.5, 0.6) is 0 Å². The first kappa shape index (κ1) is 20.7. The highest BCUT2D eigenvalue weighted by Crippen LogP contribution is 2.19. The van der Waals surface area contributed by atoms with Gasteiger partial charge in [-0.05, 0) is 38.5 Å². The molecule has 0 radical (unpaired) electrons. The molecule has 2 rings (SSSR count). The van der Waals surface area contributed by atoms with E-state index in [-0.39, 0.29) is 16.0 Å². The third-order valence-corrected chi connectivity index (χ3v) is 5.07. The number of ether oxygens (including phenoxy) is 1. The molecule has 1 aromatic heterocycles. The number of nitrogens with one attached hydrogen (secondary N) is 2. The molecular weight excluding hydrogens is 394 g/mol. The second kappa shape index (κ2) is 7.98. The van der Waals surface area contributed by atoms with Gasteiger partial charge in [0.25, 0.3) is 15.9 Å². The lowest BCUT2D eigenvalue weighted by molar-refractivity contribution is 0.0523. The number of benzene rings is 1. The highest BCUT2D eigenvalue weighted by molar-refractivity contribution is 7.91. The van der Waals surface area contributed by atoms with Crippen LogP contribution in [0.3, 0.4) is 0 Å². The van der Waals surface area contributed by atoms with E-state index in [1.54, 1.807) is 45.0 Å². The molecule has 1 heterocycles. The molecule has 12 heteroatoms. The summed E-state index contributed by atoms with van der Waals surface area (Å²) in [5.74, 6) is -0.487. The summed E-state index contributed by atoms with van der Waals surface area (Å²) >= 11 is 0.653. The van der Waals surface area contributed by atoms with Crippen molar-refractivity contribution in [1.82, 2.24) is 15.5 Å². The summed E-state index contributed by atoms with van der Waals surface area (Å²) in [6, 6.07) is 6.45. The molecule has 0 unspecified atom stereocenters. The number of hydrogen-bond donors (Lipinski definition) is 3. The Morgan fingerprint density at radius 2 is 1.81 bits per heavy atom. The first-order valence-corrected chi connectivity index (χ1v) is 10.0. The van der Waals surface area contributed by atoms with Gasteiger partial charge in [0.15, 0.2) is 0 Å². The molecule has 1 aromatic carbocycles. The number of carbonyl (C=O) groups is 2. The van der Waals surface area contributed by atoms with Crippen LogP contribution in [-0.4, -0.2) is 36.2 Å². The van der Waals surface area contributed by atoms with Gasteiger partial charge >= 0.3 is 6.09 Å². The largest absolute Gasteiger partial charge is 0.444 e. The maximum atomic E-state index is 12.2. The molecule has 27 heavy (non-hydrogen) atoms. The van der Waals surface area contributed by atoms with E-state index >= 15 is 0 Å². The summed E-state index contributed by atoms with van der Waals surface area (Å²) in [7, 11) is -3.96. The number of primary sulfonamides is 1. The Hall–Kier alpha value is -2.57. The SMILES string of the molecule is CC(C)(C)OC(=O)NCc1ccc(C(=O)Nc2nnc(S(N)(=O)=O)s2)cc1. The third-order valence-electron chi connectivity index (χ3n) is 2.92. The van der Waals surface area contributed by atoms with Crippen molar-refractivity contribution < 1.29 is 22.7 Å². The lowest BCUT2D eigenvalue weighted by atomic mass is 10.1. The lowest BCUT2D eigenvalue weighted by Crippen LogP contribution is -2.32. The minimum atomic E-state index is -3.96. The number of hydrogen-bond acceptors (Lipinski definition) is 8. The van der Waals surface area contributed by atoms with E-state index in [0.717, 1.165) is 5.56 Å². The molecule has 0 aliphatic carbocycles. The number of sulfonamides is 1. The van der Waals surface area contributed by atoms with Gasteiger partial charge in [0.1, 0.15) is 5.60 Å². The zero-order valence-electron chi connectivity index (χ0n) is 14.8. The Labute approximate surface area is 160 Å². The van der Waals surface area contributed by atoms with Gasteiger partial charge in [-0.3, -0.25) is 10.1 Å². The van der Waals surface area contributed by atoms with E-state index in [9.17, 15) is 18.0 Å². The van der Waals surface area contributed by atoms with Crippen molar-refractivity contribution in [3.63, 3.8) is 0 Å². The summed E-state index contributed by atoms with van der Waals surface area (Å²) in [6.07, 6.45) is -0.536. The molecule has 146 valence electrons. The van der Waals surface area contributed by atoms with Gasteiger partial charge in [-0.15, -0.1) is 10.2 Å². The van der Waals surface area contributed by atoms with Crippen molar-refractivity contribution >= 4 is 38.5 Å². The molecule has 4 N–H and O–H groups in total. The predicted molar refractivity (Wildman–Crippen MR) is 98.8 cm³/mol. The first-order valence-electron chi connectivity index (χ1n) is 7.67. The van der Waals surface area contributed by atoms with Gasteiger partial charge in [-0.1, -0.05) is 23.5 Å². The molecule has 0 saturated carbocycles. The summed E-state index contributed by atoms with van der Waals surface area (Å²) in [4.78, 5) is 23.8. The van der Waals surface area contributed by atoms with Crippen LogP contribution in [-0.2, 0) is 21.3 Å². The number of amides is 2. The fraction of sp³-hybridized carbons (Fsp3) is 0.333. The van der Waals surface area contributed by atoms with Crippen molar-refractivity contribution in [3.8, 4) is 0 Å². The zero-order chi connectivity index (χ0) is 20.2. The van der Waals surface area contributed by atoms with Crippen molar-refractivity contribution in [2.24, 2.45) is 5.14 Å². The summed E-state index contributed by atoms with van der Waals surface area (Å²) in [6.45, 7) is 5.54. The molecule has 10 nitrogen and oxygen atoms in total. The molecule has 0 fully saturated rings. The van der Waals surface area contributed by atoms with Crippen LogP contribution in [0.15, 0.2) is 28.6 Å². The average molecular weight is 413 g/mol. The van der Waals surface area contributed by atoms with E-state index < -0.39 is 27.6 Å². The van der Waals surface area contributed by atoms with Crippen LogP contribution in [0, 0.1) is 0 Å². The number of alkyl carbamates (subject to hydrolysis) is 1. The molecule has 2 aromatic rings. The highest BCUT2D eigenvalue weighted by Gasteiger charge is 2.17. The quantitative estimate of drug-likeness (QED) is 0.627. The van der Waals surface area contributed by atoms with Crippen LogP contribution in [0.1, 0.15) is 36.7 Å². The second-order valence-electron chi connectivity index (χ2n) is 6.42. The van der Waals surface area contributed by atoms with Gasteiger partial charge in [0.05, 0.1) is 0 Å². The highest BCUT2D eigenvalue weighted by atomic mass is 32.2. The standard InChI is InChI=1S/C15H19N5O5S2/c1-15(2,3)25-13(22)17-8-9-4-6-10(7-5-9)11(21)18-12-19-20-14(26-12)27(16,23)24/h4-7H,8H2,1-3H3,(H,17,22)(H2,16,23,24)(H,18,19,21). The molecule has 0 spiro atoms. The van der Waals surface area contributed by atoms with Crippen LogP contribution in [0.25, 0.3) is 0 Å². The topological polar surface area (TPSA) is 153 Å². The molecule has 0 bridgehead atoms. The van der Waals surface area contributed by atoms with Crippen LogP contribution in [0.2, 0.25) is 0 Å². The molecule has 2 amide bonds. The van der Waals surface area contributed by atoms with Crippen LogP contribution in [0.4, 0.5) is 9.93 Å². The fourth-order valence-corrected chi connectivity index (χ4v) is 3.14. The third kappa shape index (κ3) is 6.58. The Bertz CT molecular complexity index is 932. The Morgan fingerprint density at radius 1 is 1.19 bits per heavy atom. The summed E-state index contributed by atoms with van der Waals surface area (Å²) in [5, 5.41) is 17.0. The molecule has 0 aliphatic heterocycles. The Balaban J connectivity index is 1.93. The smallest absolute Gasteiger partial charge is 0.407 e. The van der Waals surface area contributed by atoms with E-state index in [2.05, 4.69) is 20.8 Å². The van der Waals surface area contributed by atoms with Crippen LogP contribution < -0.4 is 15.8 Å². The van der Waals surface area contributed by atoms with Gasteiger partial charge < -0.3 is 10.1 Å². The zero-order valence-corrected chi connectivity index (χ0v) is 16.5. The fourth-order valence-electron chi connectivity index (χ4n) is 1.81. The number of nitrogens with two attached hydrogens (primary N) is 1. The van der Waals surface area contributed by atoms with E-state index in [1.165, 1.54) is 0 Å². The molecule has 0 atom stereocenters. The van der Waals surface area contributed by atoms with Crippen molar-refractivity contribution in [1.29, 1.82) is 0 Å². The first-order chi connectivity index (χ1) is 12.4. The van der Waals surface area contributed by atoms with E-state index in [0.29, 0.717) is 16.9 Å². The number of nitrogens with zero attached hydrogens (tertiary/aromatic N) is 2. The normalized spacial score (nSPS) is 11.7. The van der Waals surface area contributed by atoms with Crippen molar-refractivity contribution in [2.75, 3.05) is 5.32 Å². The minimum Gasteiger partial charge on any atom is -0.444 e. The Kier molecular flexibility index (Phi) is 6.13. The molecule has 0 saturated heterocycles. The van der Waals surface area contributed by atoms with Gasteiger partial charge in [0.2, 0.25) is 9.47 Å². The maximum absolute atomic E-state index is 12.2. The Morgan fingerprint density at radius 3 is 2.33 bits per heavy atom. The summed E-state index contributed by atoms with van der Waals surface area (Å²) < 4.78 is 27.1.